The van der Waals surface area contributed by atoms with Crippen molar-refractivity contribution in [2.75, 3.05) is 66.1 Å². The van der Waals surface area contributed by atoms with Gasteiger partial charge in [0.05, 0.1) is 58.3 Å². The summed E-state index contributed by atoms with van der Waals surface area (Å²) in [7, 11) is 0. The van der Waals surface area contributed by atoms with Crippen LogP contribution in [0.15, 0.2) is 93.9 Å². The van der Waals surface area contributed by atoms with Gasteiger partial charge in [-0.2, -0.15) is 0 Å². The van der Waals surface area contributed by atoms with Gasteiger partial charge in [0.2, 0.25) is 0 Å². The maximum atomic E-state index is 6.26. The fraction of sp³-hybridized carbons (Fsp3) is 0.489. The van der Waals surface area contributed by atoms with Crippen LogP contribution in [-0.4, -0.2) is 66.1 Å². The second kappa shape index (κ2) is 18.7. The molecule has 4 aromatic rings. The summed E-state index contributed by atoms with van der Waals surface area (Å²) < 4.78 is 37.1. The highest BCUT2D eigenvalue weighted by Gasteiger charge is 2.46. The van der Waals surface area contributed by atoms with E-state index >= 15 is 0 Å². The topological polar surface area (TPSA) is 55.4 Å². The second-order valence-electron chi connectivity index (χ2n) is 16.4. The Hall–Kier alpha value is -2.72. The minimum absolute atomic E-state index is 0.224. The molecule has 55 heavy (non-hydrogen) atoms. The monoisotopic (exact) mass is 874 g/mol. The molecule has 0 saturated carbocycles. The predicted octanol–water partition coefficient (Wildman–Crippen LogP) is 11.6. The lowest BCUT2D eigenvalue weighted by atomic mass is 9.67. The maximum absolute atomic E-state index is 6.26. The maximum Gasteiger partial charge on any atom is 0.119 e. The number of rotatable bonds is 22. The summed E-state index contributed by atoms with van der Waals surface area (Å²) in [6.45, 7) is 12.4. The lowest BCUT2D eigenvalue weighted by molar-refractivity contribution is -0.138. The highest BCUT2D eigenvalue weighted by atomic mass is 79.9. The first-order chi connectivity index (χ1) is 26.8. The molecule has 4 aromatic carbocycles. The van der Waals surface area contributed by atoms with Crippen LogP contribution in [-0.2, 0) is 24.4 Å². The van der Waals surface area contributed by atoms with E-state index in [2.05, 4.69) is 131 Å². The van der Waals surface area contributed by atoms with Crippen molar-refractivity contribution in [1.82, 2.24) is 0 Å². The fourth-order valence-electron chi connectivity index (χ4n) is 8.06. The van der Waals surface area contributed by atoms with E-state index in [0.717, 1.165) is 125 Å². The Labute approximate surface area is 344 Å². The standard InChI is InChI=1S/C47H56Br2O6/c1-45(31-52-32-45)29-50-23-7-3-5-9-25-54-39-17-11-35(12-18-39)47(43-27-37(48)15-21-41(43)42-22-16-38(49)28-44(42)47)36-13-19-40(20-14-36)55-26-10-6-4-8-24-51-30-46(2)33-53-34-46/h11-22,27-28H,3-10,23-26,29-34H2,1-2H3. The third-order valence-electron chi connectivity index (χ3n) is 11.2. The molecule has 0 amide bonds. The molecule has 6 nitrogen and oxygen atoms in total. The van der Waals surface area contributed by atoms with E-state index in [4.69, 9.17) is 28.4 Å². The number of fused-ring (bicyclic) bond motifs is 3. The van der Waals surface area contributed by atoms with Gasteiger partial charge in [-0.15, -0.1) is 0 Å². The van der Waals surface area contributed by atoms with E-state index in [-0.39, 0.29) is 10.8 Å². The summed E-state index contributed by atoms with van der Waals surface area (Å²) >= 11 is 7.63. The van der Waals surface area contributed by atoms with E-state index < -0.39 is 5.41 Å². The van der Waals surface area contributed by atoms with Crippen LogP contribution >= 0.6 is 31.9 Å². The Balaban J connectivity index is 0.979. The van der Waals surface area contributed by atoms with Crippen molar-refractivity contribution < 1.29 is 28.4 Å². The van der Waals surface area contributed by atoms with Gasteiger partial charge in [0.1, 0.15) is 11.5 Å². The van der Waals surface area contributed by atoms with Gasteiger partial charge in [-0.25, -0.2) is 0 Å². The first kappa shape index (κ1) is 40.5. The molecule has 294 valence electrons. The van der Waals surface area contributed by atoms with E-state index in [1.54, 1.807) is 0 Å². The van der Waals surface area contributed by atoms with Crippen molar-refractivity contribution >= 4 is 31.9 Å². The summed E-state index contributed by atoms with van der Waals surface area (Å²) in [6.07, 6.45) is 8.79. The third-order valence-corrected chi connectivity index (χ3v) is 12.2. The average molecular weight is 877 g/mol. The molecule has 0 radical (unpaired) electrons. The lowest BCUT2D eigenvalue weighted by Gasteiger charge is -2.37. The van der Waals surface area contributed by atoms with Gasteiger partial charge < -0.3 is 28.4 Å². The number of unbranched alkanes of at least 4 members (excludes halogenated alkanes) is 6. The minimum Gasteiger partial charge on any atom is -0.494 e. The summed E-state index contributed by atoms with van der Waals surface area (Å²) in [5.74, 6) is 1.80. The van der Waals surface area contributed by atoms with Gasteiger partial charge in [0, 0.05) is 33.0 Å². The highest BCUT2D eigenvalue weighted by molar-refractivity contribution is 9.10. The largest absolute Gasteiger partial charge is 0.494 e. The molecule has 0 aromatic heterocycles. The van der Waals surface area contributed by atoms with Crippen molar-refractivity contribution in [1.29, 1.82) is 0 Å². The Morgan fingerprint density at radius 2 is 0.873 bits per heavy atom. The van der Waals surface area contributed by atoms with Crippen LogP contribution in [0.3, 0.4) is 0 Å². The van der Waals surface area contributed by atoms with E-state index in [9.17, 15) is 0 Å². The zero-order valence-corrected chi connectivity index (χ0v) is 35.7. The van der Waals surface area contributed by atoms with Gasteiger partial charge in [0.25, 0.3) is 0 Å². The Morgan fingerprint density at radius 3 is 1.24 bits per heavy atom. The molecule has 0 spiro atoms. The smallest absolute Gasteiger partial charge is 0.119 e. The van der Waals surface area contributed by atoms with E-state index in [1.807, 2.05) is 0 Å². The highest BCUT2D eigenvalue weighted by Crippen LogP contribution is 2.57. The van der Waals surface area contributed by atoms with Crippen LogP contribution in [0.25, 0.3) is 11.1 Å². The Kier molecular flexibility index (Phi) is 13.8. The van der Waals surface area contributed by atoms with Crippen LogP contribution in [0.2, 0.25) is 0 Å². The van der Waals surface area contributed by atoms with Crippen molar-refractivity contribution in [3.05, 3.63) is 116 Å². The molecule has 2 fully saturated rings. The van der Waals surface area contributed by atoms with E-state index in [1.165, 1.54) is 33.4 Å². The Bertz CT molecular complexity index is 1700. The summed E-state index contributed by atoms with van der Waals surface area (Å²) in [6, 6.07) is 30.9. The number of hydrogen-bond acceptors (Lipinski definition) is 6. The van der Waals surface area contributed by atoms with Crippen molar-refractivity contribution in [3.8, 4) is 22.6 Å². The van der Waals surface area contributed by atoms with Gasteiger partial charge in [-0.05, 0) is 120 Å². The van der Waals surface area contributed by atoms with Crippen molar-refractivity contribution in [3.63, 3.8) is 0 Å². The van der Waals surface area contributed by atoms with Gasteiger partial charge in [-0.3, -0.25) is 0 Å². The first-order valence-electron chi connectivity index (χ1n) is 20.2. The summed E-state index contributed by atoms with van der Waals surface area (Å²) in [4.78, 5) is 0. The molecule has 2 heterocycles. The van der Waals surface area contributed by atoms with Crippen LogP contribution in [0, 0.1) is 10.8 Å². The molecule has 0 N–H and O–H groups in total. The SMILES string of the molecule is CC1(COCCCCCCOc2ccc(C3(c4ccc(OCCCCCCOCC5(C)COC5)cc4)c4cc(Br)ccc4-c4ccc(Br)cc43)cc2)COC1. The average Bonchev–Trinajstić information content (AvgIpc) is 3.44. The fourth-order valence-corrected chi connectivity index (χ4v) is 8.79. The molecule has 7 rings (SSSR count). The molecule has 8 heteroatoms. The number of ether oxygens (including phenoxy) is 6. The molecule has 1 aliphatic carbocycles. The summed E-state index contributed by atoms with van der Waals surface area (Å²) in [5, 5.41) is 0. The van der Waals surface area contributed by atoms with Crippen molar-refractivity contribution in [2.45, 2.75) is 70.6 Å². The molecular weight excluding hydrogens is 820 g/mol. The zero-order valence-electron chi connectivity index (χ0n) is 32.5. The molecule has 0 atom stereocenters. The second-order valence-corrected chi connectivity index (χ2v) is 18.2. The predicted molar refractivity (Wildman–Crippen MR) is 227 cm³/mol. The minimum atomic E-state index is -0.522. The normalized spacial score (nSPS) is 17.2. The number of halogens is 2. The molecule has 0 bridgehead atoms. The van der Waals surface area contributed by atoms with Crippen LogP contribution in [0.1, 0.15) is 87.5 Å². The van der Waals surface area contributed by atoms with Crippen LogP contribution in [0.4, 0.5) is 0 Å². The van der Waals surface area contributed by atoms with Gasteiger partial charge in [0.15, 0.2) is 0 Å². The molecule has 3 aliphatic rings. The van der Waals surface area contributed by atoms with E-state index in [0.29, 0.717) is 13.2 Å². The number of benzene rings is 4. The van der Waals surface area contributed by atoms with Crippen molar-refractivity contribution in [2.24, 2.45) is 10.8 Å². The molecular formula is C47H56Br2O6. The molecule has 2 saturated heterocycles. The number of hydrogen-bond donors (Lipinski definition) is 0. The van der Waals surface area contributed by atoms with Crippen LogP contribution in [0.5, 0.6) is 11.5 Å². The third kappa shape index (κ3) is 9.70. The zero-order chi connectivity index (χ0) is 38.1. The first-order valence-corrected chi connectivity index (χ1v) is 21.7. The summed E-state index contributed by atoms with van der Waals surface area (Å²) in [5.41, 5.74) is 7.34. The molecule has 0 unspecified atom stereocenters. The van der Waals surface area contributed by atoms with Gasteiger partial charge >= 0.3 is 0 Å². The quantitative estimate of drug-likeness (QED) is 0.0646. The molecule has 2 aliphatic heterocycles. The lowest BCUT2D eigenvalue weighted by Crippen LogP contribution is -2.43. The van der Waals surface area contributed by atoms with Crippen LogP contribution < -0.4 is 9.47 Å². The van der Waals surface area contributed by atoms with Gasteiger partial charge in [-0.1, -0.05) is 94.9 Å². The Morgan fingerprint density at radius 1 is 0.491 bits per heavy atom.